The van der Waals surface area contributed by atoms with Crippen LogP contribution < -0.4 is 10.2 Å². The van der Waals surface area contributed by atoms with Crippen LogP contribution in [0.2, 0.25) is 0 Å². The van der Waals surface area contributed by atoms with Gasteiger partial charge in [-0.15, -0.1) is 0 Å². The largest absolute Gasteiger partial charge is 0.481 e. The predicted octanol–water partition coefficient (Wildman–Crippen LogP) is 1.38. The Hall–Kier alpha value is -2.11. The summed E-state index contributed by atoms with van der Waals surface area (Å²) >= 11 is 0. The minimum Gasteiger partial charge on any atom is -0.481 e. The van der Waals surface area contributed by atoms with Gasteiger partial charge in [-0.25, -0.2) is 4.98 Å². The number of aromatic nitrogens is 1. The summed E-state index contributed by atoms with van der Waals surface area (Å²) in [4.78, 5) is 28.5. The molecular formula is C14H21N3O3. The summed E-state index contributed by atoms with van der Waals surface area (Å²) in [5.41, 5.74) is 0.502. The van der Waals surface area contributed by atoms with E-state index in [1.54, 1.807) is 31.0 Å². The molecule has 1 aromatic rings. The summed E-state index contributed by atoms with van der Waals surface area (Å²) in [7, 11) is 1.78. The molecule has 0 bridgehead atoms. The number of carbonyl (C=O) groups is 2. The van der Waals surface area contributed by atoms with Gasteiger partial charge in [0.1, 0.15) is 5.82 Å². The predicted molar refractivity (Wildman–Crippen MR) is 76.9 cm³/mol. The van der Waals surface area contributed by atoms with Crippen LogP contribution in [-0.2, 0) is 4.79 Å². The first-order chi connectivity index (χ1) is 9.45. The van der Waals surface area contributed by atoms with Gasteiger partial charge in [0.05, 0.1) is 11.5 Å². The summed E-state index contributed by atoms with van der Waals surface area (Å²) in [6, 6.07) is 3.41. The van der Waals surface area contributed by atoms with E-state index in [0.717, 1.165) is 6.42 Å². The summed E-state index contributed by atoms with van der Waals surface area (Å²) in [5, 5.41) is 11.7. The average Bonchev–Trinajstić information content (AvgIpc) is 2.44. The van der Waals surface area contributed by atoms with Gasteiger partial charge in [0.25, 0.3) is 5.91 Å². The molecule has 1 aromatic heterocycles. The number of amides is 1. The van der Waals surface area contributed by atoms with Crippen LogP contribution in [0.1, 0.15) is 30.6 Å². The molecule has 1 atom stereocenters. The maximum Gasteiger partial charge on any atom is 0.308 e. The molecule has 20 heavy (non-hydrogen) atoms. The number of nitrogens with one attached hydrogen (secondary N) is 1. The Morgan fingerprint density at radius 1 is 1.45 bits per heavy atom. The van der Waals surface area contributed by atoms with Crippen LogP contribution in [0.3, 0.4) is 0 Å². The third kappa shape index (κ3) is 4.53. The van der Waals surface area contributed by atoms with Crippen molar-refractivity contribution in [2.45, 2.75) is 20.3 Å². The second-order valence-corrected chi connectivity index (χ2v) is 4.78. The number of hydrogen-bond donors (Lipinski definition) is 2. The minimum absolute atomic E-state index is 0.146. The average molecular weight is 279 g/mol. The highest BCUT2D eigenvalue weighted by molar-refractivity contribution is 5.94. The number of carboxylic acid groups (broad SMARTS) is 1. The number of aliphatic carboxylic acids is 1. The Balaban J connectivity index is 2.66. The molecule has 0 saturated carbocycles. The van der Waals surface area contributed by atoms with Crippen molar-refractivity contribution in [3.05, 3.63) is 23.9 Å². The van der Waals surface area contributed by atoms with E-state index in [1.165, 1.54) is 6.20 Å². The molecule has 0 aliphatic carbocycles. The lowest BCUT2D eigenvalue weighted by Gasteiger charge is -2.20. The molecule has 0 fully saturated rings. The Labute approximate surface area is 118 Å². The van der Waals surface area contributed by atoms with E-state index in [0.29, 0.717) is 24.5 Å². The molecular weight excluding hydrogens is 258 g/mol. The van der Waals surface area contributed by atoms with Crippen molar-refractivity contribution >= 4 is 17.7 Å². The topological polar surface area (TPSA) is 82.5 Å². The summed E-state index contributed by atoms with van der Waals surface area (Å²) in [5.74, 6) is -0.820. The molecule has 0 saturated heterocycles. The van der Waals surface area contributed by atoms with Gasteiger partial charge in [0.15, 0.2) is 0 Å². The zero-order chi connectivity index (χ0) is 15.1. The van der Waals surface area contributed by atoms with Gasteiger partial charge < -0.3 is 15.3 Å². The van der Waals surface area contributed by atoms with Gasteiger partial charge in [-0.1, -0.05) is 13.8 Å². The van der Waals surface area contributed by atoms with E-state index in [2.05, 4.69) is 10.3 Å². The van der Waals surface area contributed by atoms with Crippen LogP contribution in [0, 0.1) is 5.92 Å². The highest BCUT2D eigenvalue weighted by Crippen LogP contribution is 2.11. The quantitative estimate of drug-likeness (QED) is 0.788. The molecule has 0 radical (unpaired) electrons. The minimum atomic E-state index is -0.840. The van der Waals surface area contributed by atoms with Crippen LogP contribution in [0.4, 0.5) is 5.82 Å². The van der Waals surface area contributed by atoms with E-state index >= 15 is 0 Å². The normalized spacial score (nSPS) is 11.8. The second-order valence-electron chi connectivity index (χ2n) is 4.78. The Morgan fingerprint density at radius 2 is 2.15 bits per heavy atom. The molecule has 0 spiro atoms. The monoisotopic (exact) mass is 279 g/mol. The van der Waals surface area contributed by atoms with Crippen LogP contribution in [0.15, 0.2) is 18.3 Å². The zero-order valence-electron chi connectivity index (χ0n) is 12.1. The van der Waals surface area contributed by atoms with Gasteiger partial charge in [-0.2, -0.15) is 0 Å². The fraction of sp³-hybridized carbons (Fsp3) is 0.500. The lowest BCUT2D eigenvalue weighted by molar-refractivity contribution is -0.140. The standard InChI is InChI=1S/C14H21N3O3/c1-4-7-15-13(18)11-5-6-12(16-8-11)17(3)9-10(2)14(19)20/h5-6,8,10H,4,7,9H2,1-3H3,(H,15,18)(H,19,20). The SMILES string of the molecule is CCCNC(=O)c1ccc(N(C)CC(C)C(=O)O)nc1. The molecule has 0 aliphatic rings. The van der Waals surface area contributed by atoms with Crippen molar-refractivity contribution in [3.8, 4) is 0 Å². The maximum absolute atomic E-state index is 11.7. The smallest absolute Gasteiger partial charge is 0.308 e. The first-order valence-corrected chi connectivity index (χ1v) is 6.64. The van der Waals surface area contributed by atoms with Crippen molar-refractivity contribution in [1.82, 2.24) is 10.3 Å². The number of nitrogens with zero attached hydrogens (tertiary/aromatic N) is 2. The van der Waals surface area contributed by atoms with Crippen LogP contribution in [0.5, 0.6) is 0 Å². The number of hydrogen-bond acceptors (Lipinski definition) is 4. The first-order valence-electron chi connectivity index (χ1n) is 6.64. The fourth-order valence-electron chi connectivity index (χ4n) is 1.67. The number of anilines is 1. The lowest BCUT2D eigenvalue weighted by atomic mass is 10.2. The molecule has 0 aromatic carbocycles. The third-order valence-electron chi connectivity index (χ3n) is 2.91. The number of rotatable bonds is 7. The second kappa shape index (κ2) is 7.47. The Kier molecular flexibility index (Phi) is 5.96. The summed E-state index contributed by atoms with van der Waals surface area (Å²) < 4.78 is 0. The molecule has 6 heteroatoms. The van der Waals surface area contributed by atoms with E-state index in [1.807, 2.05) is 6.92 Å². The van der Waals surface area contributed by atoms with E-state index in [9.17, 15) is 9.59 Å². The molecule has 2 N–H and O–H groups in total. The fourth-order valence-corrected chi connectivity index (χ4v) is 1.67. The van der Waals surface area contributed by atoms with Gasteiger partial charge in [0.2, 0.25) is 0 Å². The van der Waals surface area contributed by atoms with Gasteiger partial charge in [-0.3, -0.25) is 9.59 Å². The van der Waals surface area contributed by atoms with Gasteiger partial charge >= 0.3 is 5.97 Å². The van der Waals surface area contributed by atoms with Crippen molar-refractivity contribution in [2.75, 3.05) is 25.0 Å². The first kappa shape index (κ1) is 15.9. The van der Waals surface area contributed by atoms with E-state index in [4.69, 9.17) is 5.11 Å². The van der Waals surface area contributed by atoms with Gasteiger partial charge in [0, 0.05) is 26.3 Å². The molecule has 110 valence electrons. The lowest BCUT2D eigenvalue weighted by Crippen LogP contribution is -2.29. The molecule has 0 aliphatic heterocycles. The number of carbonyl (C=O) groups excluding carboxylic acids is 1. The Morgan fingerprint density at radius 3 is 2.65 bits per heavy atom. The summed E-state index contributed by atoms with van der Waals surface area (Å²) in [6.45, 7) is 4.63. The van der Waals surface area contributed by atoms with Crippen molar-refractivity contribution < 1.29 is 14.7 Å². The van der Waals surface area contributed by atoms with Gasteiger partial charge in [-0.05, 0) is 18.6 Å². The summed E-state index contributed by atoms with van der Waals surface area (Å²) in [6.07, 6.45) is 2.38. The van der Waals surface area contributed by atoms with Crippen LogP contribution in [0.25, 0.3) is 0 Å². The van der Waals surface area contributed by atoms with Crippen LogP contribution >= 0.6 is 0 Å². The maximum atomic E-state index is 11.7. The molecule has 1 rings (SSSR count). The number of carboxylic acids is 1. The van der Waals surface area contributed by atoms with Crippen molar-refractivity contribution in [1.29, 1.82) is 0 Å². The van der Waals surface area contributed by atoms with E-state index in [-0.39, 0.29) is 5.91 Å². The molecule has 6 nitrogen and oxygen atoms in total. The third-order valence-corrected chi connectivity index (χ3v) is 2.91. The van der Waals surface area contributed by atoms with Crippen molar-refractivity contribution in [3.63, 3.8) is 0 Å². The molecule has 1 unspecified atom stereocenters. The molecule has 1 amide bonds. The number of pyridine rings is 1. The van der Waals surface area contributed by atoms with Crippen molar-refractivity contribution in [2.24, 2.45) is 5.92 Å². The highest BCUT2D eigenvalue weighted by atomic mass is 16.4. The van der Waals surface area contributed by atoms with E-state index < -0.39 is 11.9 Å². The molecule has 1 heterocycles. The highest BCUT2D eigenvalue weighted by Gasteiger charge is 2.15. The van der Waals surface area contributed by atoms with Crippen LogP contribution in [-0.4, -0.2) is 42.1 Å². The zero-order valence-corrected chi connectivity index (χ0v) is 12.1. The Bertz CT molecular complexity index is 459.